The molecule has 4 N–H and O–H groups in total. The molecule has 0 aromatic carbocycles. The van der Waals surface area contributed by atoms with Gasteiger partial charge in [0.15, 0.2) is 0 Å². The maximum absolute atomic E-state index is 11.8. The predicted molar refractivity (Wildman–Crippen MR) is 76.2 cm³/mol. The molecule has 0 saturated heterocycles. The molecule has 0 spiro atoms. The molecule has 0 fully saturated rings. The maximum atomic E-state index is 11.8. The topological polar surface area (TPSA) is 123 Å². The third-order valence-corrected chi connectivity index (χ3v) is 2.54. The Morgan fingerprint density at radius 2 is 2.10 bits per heavy atom. The fourth-order valence-corrected chi connectivity index (χ4v) is 1.45. The number of nitrogen functional groups attached to an aromatic ring is 1. The summed E-state index contributed by atoms with van der Waals surface area (Å²) in [5, 5.41) is 16.2. The highest BCUT2D eigenvalue weighted by atomic mass is 16.6. The van der Waals surface area contributed by atoms with Crippen molar-refractivity contribution >= 4 is 23.2 Å². The molecular formula is C12H19N5O3. The third-order valence-electron chi connectivity index (χ3n) is 2.54. The largest absolute Gasteiger partial charge is 0.378 e. The number of aromatic nitrogens is 1. The number of nitrogens with two attached hydrogens (primary N) is 1. The van der Waals surface area contributed by atoms with Gasteiger partial charge in [0.2, 0.25) is 11.7 Å². The number of amides is 1. The van der Waals surface area contributed by atoms with Crippen LogP contribution in [0.5, 0.6) is 0 Å². The van der Waals surface area contributed by atoms with Gasteiger partial charge in [-0.3, -0.25) is 14.9 Å². The fraction of sp³-hybridized carbons (Fsp3) is 0.500. The van der Waals surface area contributed by atoms with Gasteiger partial charge in [-0.1, -0.05) is 13.8 Å². The quantitative estimate of drug-likeness (QED) is 0.530. The van der Waals surface area contributed by atoms with E-state index in [1.807, 2.05) is 13.8 Å². The average molecular weight is 281 g/mol. The van der Waals surface area contributed by atoms with Gasteiger partial charge < -0.3 is 16.4 Å². The van der Waals surface area contributed by atoms with Crippen LogP contribution in [-0.2, 0) is 4.79 Å². The number of nitrogens with one attached hydrogen (secondary N) is 2. The molecule has 110 valence electrons. The normalized spacial score (nSPS) is 12.0. The summed E-state index contributed by atoms with van der Waals surface area (Å²) < 4.78 is 0. The summed E-state index contributed by atoms with van der Waals surface area (Å²) in [7, 11) is 0. The molecule has 1 heterocycles. The van der Waals surface area contributed by atoms with Crippen molar-refractivity contribution in [3.05, 3.63) is 22.2 Å². The van der Waals surface area contributed by atoms with E-state index >= 15 is 0 Å². The Hall–Kier alpha value is -2.38. The molecule has 0 bridgehead atoms. The minimum atomic E-state index is -0.606. The molecule has 1 aromatic rings. The number of hydrogen-bond donors (Lipinski definition) is 3. The summed E-state index contributed by atoms with van der Waals surface area (Å²) in [5.74, 6) is 0.326. The second-order valence-corrected chi connectivity index (χ2v) is 4.86. The molecule has 1 aromatic heterocycles. The van der Waals surface area contributed by atoms with Crippen molar-refractivity contribution in [2.45, 2.75) is 26.8 Å². The van der Waals surface area contributed by atoms with E-state index in [-0.39, 0.29) is 17.4 Å². The summed E-state index contributed by atoms with van der Waals surface area (Å²) in [6, 6.07) is 2.16. The molecular weight excluding hydrogens is 262 g/mol. The van der Waals surface area contributed by atoms with Crippen LogP contribution in [0, 0.1) is 16.0 Å². The number of pyridine rings is 1. The predicted octanol–water partition coefficient (Wildman–Crippen LogP) is 1.14. The van der Waals surface area contributed by atoms with Crippen LogP contribution in [0.4, 0.5) is 17.3 Å². The minimum absolute atomic E-state index is 0.169. The summed E-state index contributed by atoms with van der Waals surface area (Å²) in [6.07, 6.45) is 0. The summed E-state index contributed by atoms with van der Waals surface area (Å²) in [4.78, 5) is 25.6. The molecule has 1 atom stereocenters. The van der Waals surface area contributed by atoms with Crippen molar-refractivity contribution in [3.8, 4) is 0 Å². The first-order valence-electron chi connectivity index (χ1n) is 6.26. The summed E-state index contributed by atoms with van der Waals surface area (Å²) in [6.45, 7) is 6.25. The van der Waals surface area contributed by atoms with Gasteiger partial charge in [0, 0.05) is 12.6 Å². The van der Waals surface area contributed by atoms with Gasteiger partial charge in [0.25, 0.3) is 0 Å². The lowest BCUT2D eigenvalue weighted by Crippen LogP contribution is -2.39. The van der Waals surface area contributed by atoms with Crippen molar-refractivity contribution in [1.29, 1.82) is 0 Å². The lowest BCUT2D eigenvalue weighted by molar-refractivity contribution is -0.384. The Bertz CT molecular complexity index is 504. The molecule has 1 amide bonds. The van der Waals surface area contributed by atoms with E-state index in [9.17, 15) is 14.9 Å². The van der Waals surface area contributed by atoms with Crippen LogP contribution in [0.1, 0.15) is 20.8 Å². The van der Waals surface area contributed by atoms with E-state index in [4.69, 9.17) is 5.73 Å². The zero-order valence-electron chi connectivity index (χ0n) is 11.7. The highest BCUT2D eigenvalue weighted by molar-refractivity contribution is 5.84. The van der Waals surface area contributed by atoms with Gasteiger partial charge in [0.05, 0.1) is 4.92 Å². The van der Waals surface area contributed by atoms with Crippen LogP contribution in [0.15, 0.2) is 12.1 Å². The zero-order valence-corrected chi connectivity index (χ0v) is 11.7. The van der Waals surface area contributed by atoms with E-state index < -0.39 is 11.0 Å². The Kier molecular flexibility index (Phi) is 5.24. The zero-order chi connectivity index (χ0) is 15.3. The average Bonchev–Trinajstić information content (AvgIpc) is 2.35. The summed E-state index contributed by atoms with van der Waals surface area (Å²) >= 11 is 0. The minimum Gasteiger partial charge on any atom is -0.378 e. The molecule has 8 nitrogen and oxygen atoms in total. The Morgan fingerprint density at radius 3 is 2.60 bits per heavy atom. The first kappa shape index (κ1) is 15.7. The third kappa shape index (κ3) is 4.38. The van der Waals surface area contributed by atoms with E-state index in [1.165, 1.54) is 12.1 Å². The van der Waals surface area contributed by atoms with Crippen LogP contribution < -0.4 is 16.4 Å². The number of carbonyl (C=O) groups excluding carboxylic acids is 1. The molecule has 1 rings (SSSR count). The SMILES string of the molecule is CC(C)CNC(=O)C(C)Nc1ccc([N+](=O)[O-])c(N)n1. The van der Waals surface area contributed by atoms with Gasteiger partial charge >= 0.3 is 5.69 Å². The molecule has 0 radical (unpaired) electrons. The van der Waals surface area contributed by atoms with E-state index in [0.29, 0.717) is 18.3 Å². The van der Waals surface area contributed by atoms with Crippen molar-refractivity contribution in [1.82, 2.24) is 10.3 Å². The number of nitrogens with zero attached hydrogens (tertiary/aromatic N) is 2. The van der Waals surface area contributed by atoms with Crippen molar-refractivity contribution in [2.75, 3.05) is 17.6 Å². The number of hydrogen-bond acceptors (Lipinski definition) is 6. The van der Waals surface area contributed by atoms with Crippen molar-refractivity contribution in [3.63, 3.8) is 0 Å². The monoisotopic (exact) mass is 281 g/mol. The first-order valence-corrected chi connectivity index (χ1v) is 6.26. The number of anilines is 2. The van der Waals surface area contributed by atoms with Crippen LogP contribution in [0.25, 0.3) is 0 Å². The van der Waals surface area contributed by atoms with E-state index in [2.05, 4.69) is 15.6 Å². The molecule has 0 aliphatic carbocycles. The summed E-state index contributed by atoms with van der Waals surface area (Å²) in [5.41, 5.74) is 5.22. The lowest BCUT2D eigenvalue weighted by atomic mass is 10.2. The smallest absolute Gasteiger partial charge is 0.311 e. The van der Waals surface area contributed by atoms with Gasteiger partial charge in [-0.25, -0.2) is 4.98 Å². The Morgan fingerprint density at radius 1 is 1.45 bits per heavy atom. The molecule has 20 heavy (non-hydrogen) atoms. The van der Waals surface area contributed by atoms with Gasteiger partial charge in [-0.05, 0) is 18.9 Å². The second kappa shape index (κ2) is 6.69. The fourth-order valence-electron chi connectivity index (χ4n) is 1.45. The van der Waals surface area contributed by atoms with Gasteiger partial charge in [-0.2, -0.15) is 0 Å². The highest BCUT2D eigenvalue weighted by Crippen LogP contribution is 2.20. The van der Waals surface area contributed by atoms with Crippen LogP contribution in [0.3, 0.4) is 0 Å². The molecule has 1 unspecified atom stereocenters. The number of carbonyl (C=O) groups is 1. The highest BCUT2D eigenvalue weighted by Gasteiger charge is 2.16. The van der Waals surface area contributed by atoms with E-state index in [0.717, 1.165) is 0 Å². The molecule has 0 saturated carbocycles. The first-order chi connectivity index (χ1) is 9.31. The molecule has 0 aliphatic rings. The lowest BCUT2D eigenvalue weighted by Gasteiger charge is -2.15. The van der Waals surface area contributed by atoms with E-state index in [1.54, 1.807) is 6.92 Å². The Labute approximate surface area is 116 Å². The Balaban J connectivity index is 2.66. The number of rotatable bonds is 6. The van der Waals surface area contributed by atoms with Crippen LogP contribution in [0.2, 0.25) is 0 Å². The molecule has 0 aliphatic heterocycles. The molecule has 8 heteroatoms. The second-order valence-electron chi connectivity index (χ2n) is 4.86. The van der Waals surface area contributed by atoms with Gasteiger partial charge in [0.1, 0.15) is 11.9 Å². The van der Waals surface area contributed by atoms with Crippen molar-refractivity contribution < 1.29 is 9.72 Å². The maximum Gasteiger partial charge on any atom is 0.311 e. The van der Waals surface area contributed by atoms with Crippen molar-refractivity contribution in [2.24, 2.45) is 5.92 Å². The number of nitro groups is 1. The van der Waals surface area contributed by atoms with Crippen LogP contribution >= 0.6 is 0 Å². The standard InChI is InChI=1S/C12H19N5O3/c1-7(2)6-14-12(18)8(3)15-10-5-4-9(17(19)20)11(13)16-10/h4-5,7-8H,6H2,1-3H3,(H,14,18)(H3,13,15,16). The van der Waals surface area contributed by atoms with Gasteiger partial charge in [-0.15, -0.1) is 0 Å². The van der Waals surface area contributed by atoms with Crippen LogP contribution in [-0.4, -0.2) is 28.4 Å².